The van der Waals surface area contributed by atoms with Crippen LogP contribution in [0.15, 0.2) is 29.6 Å². The zero-order valence-corrected chi connectivity index (χ0v) is 13.3. The largest absolute Gasteiger partial charge is 0.327 e. The van der Waals surface area contributed by atoms with Gasteiger partial charge in [-0.3, -0.25) is 0 Å². The predicted molar refractivity (Wildman–Crippen MR) is 90.1 cm³/mol. The van der Waals surface area contributed by atoms with Gasteiger partial charge in [0.05, 0.1) is 0 Å². The zero-order chi connectivity index (χ0) is 14.2. The third kappa shape index (κ3) is 2.56. The maximum absolute atomic E-state index is 6.60. The van der Waals surface area contributed by atoms with E-state index in [1.54, 1.807) is 21.6 Å². The van der Waals surface area contributed by atoms with Gasteiger partial charge >= 0.3 is 0 Å². The maximum atomic E-state index is 6.60. The molecule has 110 valence electrons. The Balaban J connectivity index is 1.53. The zero-order valence-electron chi connectivity index (χ0n) is 12.5. The van der Waals surface area contributed by atoms with E-state index in [0.29, 0.717) is 5.92 Å². The maximum Gasteiger partial charge on any atom is 0.0149 e. The van der Waals surface area contributed by atoms with Gasteiger partial charge in [0.2, 0.25) is 0 Å². The topological polar surface area (TPSA) is 26.0 Å². The molecule has 2 aromatic rings. The highest BCUT2D eigenvalue weighted by atomic mass is 32.1. The summed E-state index contributed by atoms with van der Waals surface area (Å²) in [4.78, 5) is 1.58. The first-order valence-electron chi connectivity index (χ1n) is 8.24. The average Bonchev–Trinajstić information content (AvgIpc) is 3.14. The number of rotatable bonds is 3. The van der Waals surface area contributed by atoms with Gasteiger partial charge in [0.1, 0.15) is 0 Å². The lowest BCUT2D eigenvalue weighted by Crippen LogP contribution is -2.32. The molecule has 0 bridgehead atoms. The molecule has 0 saturated heterocycles. The van der Waals surface area contributed by atoms with E-state index < -0.39 is 0 Å². The monoisotopic (exact) mass is 297 g/mol. The molecule has 0 aliphatic heterocycles. The van der Waals surface area contributed by atoms with Gasteiger partial charge in [-0.1, -0.05) is 18.2 Å². The second kappa shape index (κ2) is 5.58. The van der Waals surface area contributed by atoms with E-state index in [0.717, 1.165) is 6.42 Å². The van der Waals surface area contributed by atoms with Gasteiger partial charge < -0.3 is 5.73 Å². The van der Waals surface area contributed by atoms with Gasteiger partial charge in [0.15, 0.2) is 0 Å². The van der Waals surface area contributed by atoms with Gasteiger partial charge in [0, 0.05) is 16.8 Å². The molecule has 4 rings (SSSR count). The Labute approximate surface area is 131 Å². The molecule has 2 aliphatic carbocycles. The van der Waals surface area contributed by atoms with Crippen LogP contribution in [0.25, 0.3) is 0 Å². The predicted octanol–water partition coefficient (Wildman–Crippen LogP) is 4.23. The Morgan fingerprint density at radius 2 is 2.00 bits per heavy atom. The number of hydrogen-bond donors (Lipinski definition) is 1. The molecule has 21 heavy (non-hydrogen) atoms. The van der Waals surface area contributed by atoms with Crippen LogP contribution < -0.4 is 5.73 Å². The minimum Gasteiger partial charge on any atom is -0.327 e. The number of thiophene rings is 1. The number of hydrogen-bond acceptors (Lipinski definition) is 2. The molecule has 2 aliphatic rings. The summed E-state index contributed by atoms with van der Waals surface area (Å²) in [7, 11) is 0. The Morgan fingerprint density at radius 1 is 1.10 bits per heavy atom. The highest BCUT2D eigenvalue weighted by molar-refractivity contribution is 7.10. The normalized spacial score (nSPS) is 21.9. The van der Waals surface area contributed by atoms with E-state index in [9.17, 15) is 0 Å². The second-order valence-electron chi connectivity index (χ2n) is 6.62. The molecule has 0 radical (unpaired) electrons. The summed E-state index contributed by atoms with van der Waals surface area (Å²) in [6, 6.07) is 9.63. The third-order valence-corrected chi connectivity index (χ3v) is 6.25. The third-order valence-electron chi connectivity index (χ3n) is 5.25. The van der Waals surface area contributed by atoms with Crippen LogP contribution in [0.4, 0.5) is 0 Å². The standard InChI is InChI=1S/C19H23NS/c20-18(16-5-2-6-19-17(16)9-10-21-19)12-13-7-8-14-3-1-4-15(14)11-13/h7-11,16,18H,1-6,12,20H2. The van der Waals surface area contributed by atoms with Gasteiger partial charge in [-0.15, -0.1) is 11.3 Å². The summed E-state index contributed by atoms with van der Waals surface area (Å²) in [5.41, 5.74) is 12.7. The summed E-state index contributed by atoms with van der Waals surface area (Å²) >= 11 is 1.91. The summed E-state index contributed by atoms with van der Waals surface area (Å²) < 4.78 is 0. The van der Waals surface area contributed by atoms with E-state index in [1.807, 2.05) is 11.3 Å². The Bertz CT molecular complexity index is 643. The Morgan fingerprint density at radius 3 is 2.95 bits per heavy atom. The van der Waals surface area contributed by atoms with Gasteiger partial charge in [-0.05, 0) is 78.6 Å². The molecule has 2 N–H and O–H groups in total. The second-order valence-corrected chi connectivity index (χ2v) is 7.62. The molecular weight excluding hydrogens is 274 g/mol. The molecule has 1 heterocycles. The quantitative estimate of drug-likeness (QED) is 0.901. The number of aryl methyl sites for hydroxylation is 3. The lowest BCUT2D eigenvalue weighted by Gasteiger charge is -2.28. The summed E-state index contributed by atoms with van der Waals surface area (Å²) in [6.45, 7) is 0. The first-order chi connectivity index (χ1) is 10.3. The number of nitrogens with two attached hydrogens (primary N) is 1. The van der Waals surface area contributed by atoms with Crippen molar-refractivity contribution in [3.8, 4) is 0 Å². The molecule has 0 fully saturated rings. The van der Waals surface area contributed by atoms with Crippen molar-refractivity contribution in [2.75, 3.05) is 0 Å². The van der Waals surface area contributed by atoms with E-state index in [-0.39, 0.29) is 6.04 Å². The molecule has 0 saturated carbocycles. The SMILES string of the molecule is NC(Cc1ccc2c(c1)CCC2)C1CCCc2sccc21. The number of fused-ring (bicyclic) bond motifs is 2. The van der Waals surface area contributed by atoms with Gasteiger partial charge in [-0.25, -0.2) is 0 Å². The van der Waals surface area contributed by atoms with E-state index in [2.05, 4.69) is 29.6 Å². The van der Waals surface area contributed by atoms with Crippen LogP contribution in [0.2, 0.25) is 0 Å². The molecule has 1 nitrogen and oxygen atoms in total. The summed E-state index contributed by atoms with van der Waals surface area (Å²) in [6.07, 6.45) is 8.69. The van der Waals surface area contributed by atoms with Crippen molar-refractivity contribution < 1.29 is 0 Å². The van der Waals surface area contributed by atoms with Crippen LogP contribution in [0, 0.1) is 0 Å². The first kappa shape index (κ1) is 13.5. The van der Waals surface area contributed by atoms with Crippen molar-refractivity contribution >= 4 is 11.3 Å². The van der Waals surface area contributed by atoms with Gasteiger partial charge in [0.25, 0.3) is 0 Å². The fourth-order valence-corrected chi connectivity index (χ4v) is 5.13. The molecule has 1 aromatic heterocycles. The van der Waals surface area contributed by atoms with Crippen molar-refractivity contribution in [2.45, 2.75) is 56.9 Å². The van der Waals surface area contributed by atoms with Crippen LogP contribution in [-0.4, -0.2) is 6.04 Å². The highest BCUT2D eigenvalue weighted by Gasteiger charge is 2.26. The lowest BCUT2D eigenvalue weighted by atomic mass is 9.80. The smallest absolute Gasteiger partial charge is 0.0149 e. The van der Waals surface area contributed by atoms with Crippen molar-refractivity contribution in [3.05, 3.63) is 56.8 Å². The fourth-order valence-electron chi connectivity index (χ4n) is 4.13. The van der Waals surface area contributed by atoms with Crippen LogP contribution in [0.3, 0.4) is 0 Å². The summed E-state index contributed by atoms with van der Waals surface area (Å²) in [5, 5.41) is 2.24. The molecule has 0 spiro atoms. The average molecular weight is 297 g/mol. The van der Waals surface area contributed by atoms with Crippen LogP contribution >= 0.6 is 11.3 Å². The number of benzene rings is 1. The fraction of sp³-hybridized carbons (Fsp3) is 0.474. The molecule has 1 aromatic carbocycles. The van der Waals surface area contributed by atoms with Crippen molar-refractivity contribution in [1.82, 2.24) is 0 Å². The van der Waals surface area contributed by atoms with E-state index in [4.69, 9.17) is 5.73 Å². The van der Waals surface area contributed by atoms with Gasteiger partial charge in [-0.2, -0.15) is 0 Å². The molecule has 2 heteroatoms. The lowest BCUT2D eigenvalue weighted by molar-refractivity contribution is 0.464. The van der Waals surface area contributed by atoms with Crippen LogP contribution in [-0.2, 0) is 25.7 Å². The minimum atomic E-state index is 0.262. The summed E-state index contributed by atoms with van der Waals surface area (Å²) in [5.74, 6) is 0.563. The first-order valence-corrected chi connectivity index (χ1v) is 9.12. The molecule has 2 atom stereocenters. The Kier molecular flexibility index (Phi) is 3.60. The Hall–Kier alpha value is -1.12. The highest BCUT2D eigenvalue weighted by Crippen LogP contribution is 2.37. The molecule has 2 unspecified atom stereocenters. The van der Waals surface area contributed by atoms with Crippen molar-refractivity contribution in [3.63, 3.8) is 0 Å². The molecular formula is C19H23NS. The van der Waals surface area contributed by atoms with Crippen molar-refractivity contribution in [1.29, 1.82) is 0 Å². The van der Waals surface area contributed by atoms with E-state index >= 15 is 0 Å². The van der Waals surface area contributed by atoms with Crippen molar-refractivity contribution in [2.24, 2.45) is 5.73 Å². The molecule has 0 amide bonds. The van der Waals surface area contributed by atoms with E-state index in [1.165, 1.54) is 44.1 Å². The minimum absolute atomic E-state index is 0.262. The van der Waals surface area contributed by atoms with Crippen LogP contribution in [0.1, 0.15) is 52.3 Å². The van der Waals surface area contributed by atoms with Crippen LogP contribution in [0.5, 0.6) is 0 Å².